The number of anilines is 1. The monoisotopic (exact) mass is 427 g/mol. The first kappa shape index (κ1) is 22.1. The van der Waals surface area contributed by atoms with Crippen molar-refractivity contribution in [2.24, 2.45) is 0 Å². The van der Waals surface area contributed by atoms with Crippen LogP contribution in [0.3, 0.4) is 0 Å². The molecule has 0 atom stereocenters. The first-order valence-electron chi connectivity index (χ1n) is 9.95. The average Bonchev–Trinajstić information content (AvgIpc) is 3.16. The van der Waals surface area contributed by atoms with Gasteiger partial charge >= 0.3 is 5.97 Å². The van der Waals surface area contributed by atoms with E-state index in [-0.39, 0.29) is 36.1 Å². The highest BCUT2D eigenvalue weighted by Gasteiger charge is 2.27. The van der Waals surface area contributed by atoms with Gasteiger partial charge in [-0.3, -0.25) is 9.69 Å². The number of halogens is 2. The SMILES string of the molecule is CCOC(=O)c1cnn(-c2ccc(F)cc2F)c1N(CCCc1ccccc1)C(C)=O. The number of ether oxygens (including phenoxy) is 1. The minimum atomic E-state index is -0.868. The number of nitrogens with zero attached hydrogens (tertiary/aromatic N) is 3. The van der Waals surface area contributed by atoms with Crippen molar-refractivity contribution in [2.45, 2.75) is 26.7 Å². The van der Waals surface area contributed by atoms with Crippen LogP contribution in [0.5, 0.6) is 0 Å². The van der Waals surface area contributed by atoms with E-state index in [9.17, 15) is 18.4 Å². The van der Waals surface area contributed by atoms with E-state index < -0.39 is 17.6 Å². The molecule has 1 amide bonds. The summed E-state index contributed by atoms with van der Waals surface area (Å²) in [6, 6.07) is 12.8. The molecule has 0 aliphatic rings. The Balaban J connectivity index is 2.00. The lowest BCUT2D eigenvalue weighted by atomic mass is 10.1. The van der Waals surface area contributed by atoms with Crippen LogP contribution in [0.4, 0.5) is 14.6 Å². The number of aryl methyl sites for hydroxylation is 1. The van der Waals surface area contributed by atoms with Crippen LogP contribution in [-0.2, 0) is 16.0 Å². The number of hydrogen-bond donors (Lipinski definition) is 0. The zero-order valence-electron chi connectivity index (χ0n) is 17.3. The number of carbonyl (C=O) groups is 2. The van der Waals surface area contributed by atoms with Crippen molar-refractivity contribution in [2.75, 3.05) is 18.1 Å². The second kappa shape index (κ2) is 9.97. The van der Waals surface area contributed by atoms with Gasteiger partial charge in [-0.2, -0.15) is 5.10 Å². The van der Waals surface area contributed by atoms with Crippen LogP contribution in [0.2, 0.25) is 0 Å². The summed E-state index contributed by atoms with van der Waals surface area (Å²) >= 11 is 0. The van der Waals surface area contributed by atoms with Crippen molar-refractivity contribution in [1.29, 1.82) is 0 Å². The minimum absolute atomic E-state index is 0.0282. The molecule has 0 N–H and O–H groups in total. The molecule has 3 rings (SSSR count). The predicted molar refractivity (Wildman–Crippen MR) is 112 cm³/mol. The summed E-state index contributed by atoms with van der Waals surface area (Å²) < 4.78 is 34.1. The van der Waals surface area contributed by atoms with Crippen LogP contribution >= 0.6 is 0 Å². The Hall–Kier alpha value is -3.55. The lowest BCUT2D eigenvalue weighted by Crippen LogP contribution is -2.33. The van der Waals surface area contributed by atoms with Crippen LogP contribution < -0.4 is 4.90 Å². The van der Waals surface area contributed by atoms with Crippen LogP contribution in [0.25, 0.3) is 5.69 Å². The van der Waals surface area contributed by atoms with Gasteiger partial charge in [0.25, 0.3) is 0 Å². The predicted octanol–water partition coefficient (Wildman–Crippen LogP) is 4.31. The quantitative estimate of drug-likeness (QED) is 0.503. The van der Waals surface area contributed by atoms with Crippen LogP contribution in [0, 0.1) is 11.6 Å². The molecular weight excluding hydrogens is 404 g/mol. The van der Waals surface area contributed by atoms with Gasteiger partial charge in [0.15, 0.2) is 11.6 Å². The second-order valence-electron chi connectivity index (χ2n) is 6.87. The summed E-state index contributed by atoms with van der Waals surface area (Å²) in [5.41, 5.74) is 1.05. The van der Waals surface area contributed by atoms with Gasteiger partial charge in [0.1, 0.15) is 17.1 Å². The third-order valence-electron chi connectivity index (χ3n) is 4.70. The van der Waals surface area contributed by atoms with Crippen molar-refractivity contribution in [1.82, 2.24) is 9.78 Å². The molecule has 0 radical (unpaired) electrons. The van der Waals surface area contributed by atoms with Gasteiger partial charge in [-0.05, 0) is 37.5 Å². The Labute approximate surface area is 179 Å². The lowest BCUT2D eigenvalue weighted by molar-refractivity contribution is -0.116. The maximum Gasteiger partial charge on any atom is 0.343 e. The summed E-state index contributed by atoms with van der Waals surface area (Å²) in [6.07, 6.45) is 2.53. The van der Waals surface area contributed by atoms with E-state index in [0.29, 0.717) is 12.8 Å². The Bertz CT molecular complexity index is 1070. The van der Waals surface area contributed by atoms with Crippen molar-refractivity contribution in [3.05, 3.63) is 77.5 Å². The molecule has 0 aliphatic heterocycles. The van der Waals surface area contributed by atoms with Gasteiger partial charge in [-0.25, -0.2) is 18.3 Å². The number of esters is 1. The highest BCUT2D eigenvalue weighted by molar-refractivity contribution is 6.01. The Morgan fingerprint density at radius 2 is 1.87 bits per heavy atom. The minimum Gasteiger partial charge on any atom is -0.462 e. The van der Waals surface area contributed by atoms with Gasteiger partial charge in [-0.1, -0.05) is 30.3 Å². The summed E-state index contributed by atoms with van der Waals surface area (Å²) in [7, 11) is 0. The second-order valence-corrected chi connectivity index (χ2v) is 6.87. The molecule has 0 aliphatic carbocycles. The molecule has 31 heavy (non-hydrogen) atoms. The molecule has 0 unspecified atom stereocenters. The molecule has 0 saturated heterocycles. The van der Waals surface area contributed by atoms with Crippen molar-refractivity contribution < 1.29 is 23.1 Å². The molecule has 0 spiro atoms. The highest BCUT2D eigenvalue weighted by Crippen LogP contribution is 2.27. The Morgan fingerprint density at radius 1 is 1.13 bits per heavy atom. The lowest BCUT2D eigenvalue weighted by Gasteiger charge is -2.23. The third kappa shape index (κ3) is 5.14. The van der Waals surface area contributed by atoms with Crippen LogP contribution in [0.1, 0.15) is 36.2 Å². The van der Waals surface area contributed by atoms with Gasteiger partial charge < -0.3 is 4.74 Å². The summed E-state index contributed by atoms with van der Waals surface area (Å²) in [6.45, 7) is 3.41. The molecule has 162 valence electrons. The fourth-order valence-electron chi connectivity index (χ4n) is 3.28. The van der Waals surface area contributed by atoms with Crippen molar-refractivity contribution in [3.8, 4) is 5.69 Å². The zero-order valence-corrected chi connectivity index (χ0v) is 17.3. The van der Waals surface area contributed by atoms with Crippen molar-refractivity contribution in [3.63, 3.8) is 0 Å². The average molecular weight is 427 g/mol. The number of carbonyl (C=O) groups excluding carboxylic acids is 2. The standard InChI is InChI=1S/C23H23F2N3O3/c1-3-31-23(30)19-15-26-28(21-12-11-18(24)14-20(21)25)22(19)27(16(2)29)13-7-10-17-8-5-4-6-9-17/h4-6,8-9,11-12,14-15H,3,7,10,13H2,1-2H3. The molecule has 1 heterocycles. The molecule has 3 aromatic rings. The number of aromatic nitrogens is 2. The maximum atomic E-state index is 14.5. The van der Waals surface area contributed by atoms with Crippen LogP contribution in [0.15, 0.2) is 54.7 Å². The number of rotatable bonds is 8. The Kier molecular flexibility index (Phi) is 7.12. The fourth-order valence-corrected chi connectivity index (χ4v) is 3.28. The number of hydrogen-bond acceptors (Lipinski definition) is 4. The van der Waals surface area contributed by atoms with E-state index in [1.807, 2.05) is 30.3 Å². The summed E-state index contributed by atoms with van der Waals surface area (Å²) in [5, 5.41) is 4.11. The van der Waals surface area contributed by atoms with E-state index in [1.165, 1.54) is 24.1 Å². The first-order valence-corrected chi connectivity index (χ1v) is 9.95. The molecular formula is C23H23F2N3O3. The summed E-state index contributed by atoms with van der Waals surface area (Å²) in [4.78, 5) is 26.4. The molecule has 6 nitrogen and oxygen atoms in total. The molecule has 0 saturated carbocycles. The summed E-state index contributed by atoms with van der Waals surface area (Å²) in [5.74, 6) is -2.55. The van der Waals surface area contributed by atoms with Gasteiger partial charge in [0.05, 0.1) is 12.8 Å². The molecule has 2 aromatic carbocycles. The molecule has 8 heteroatoms. The topological polar surface area (TPSA) is 64.4 Å². The van der Waals surface area contributed by atoms with Crippen molar-refractivity contribution >= 4 is 17.7 Å². The first-order chi connectivity index (χ1) is 14.9. The molecule has 0 fully saturated rings. The van der Waals surface area contributed by atoms with Gasteiger partial charge in [0, 0.05) is 19.5 Å². The van der Waals surface area contributed by atoms with E-state index in [2.05, 4.69) is 5.10 Å². The molecule has 0 bridgehead atoms. The maximum absolute atomic E-state index is 14.5. The molecule has 1 aromatic heterocycles. The highest BCUT2D eigenvalue weighted by atomic mass is 19.1. The number of amides is 1. The smallest absolute Gasteiger partial charge is 0.343 e. The largest absolute Gasteiger partial charge is 0.462 e. The van der Waals surface area contributed by atoms with Gasteiger partial charge in [0.2, 0.25) is 5.91 Å². The van der Waals surface area contributed by atoms with Gasteiger partial charge in [-0.15, -0.1) is 0 Å². The Morgan fingerprint density at radius 3 is 2.52 bits per heavy atom. The van der Waals surface area contributed by atoms with E-state index in [1.54, 1.807) is 6.92 Å². The van der Waals surface area contributed by atoms with Crippen LogP contribution in [-0.4, -0.2) is 34.8 Å². The number of benzene rings is 2. The van der Waals surface area contributed by atoms with E-state index in [4.69, 9.17) is 4.74 Å². The fraction of sp³-hybridized carbons (Fsp3) is 0.261. The van der Waals surface area contributed by atoms with E-state index >= 15 is 0 Å². The van der Waals surface area contributed by atoms with E-state index in [0.717, 1.165) is 22.4 Å². The third-order valence-corrected chi connectivity index (χ3v) is 4.70. The zero-order chi connectivity index (χ0) is 22.4. The normalized spacial score (nSPS) is 10.7.